The summed E-state index contributed by atoms with van der Waals surface area (Å²) in [4.78, 5) is 26.6. The van der Waals surface area contributed by atoms with Crippen molar-refractivity contribution in [3.8, 4) is 0 Å². The number of ketones is 1. The standard InChI is InChI=1S/C27H26F2N2O3S.ClH/c28-20-6-3-5-19(15-20)26(21-7-1-2-8-22(21)29)34-27(33)30-23-16-31(12-10-18(23)11-13-31)17-24(32)25-9-4-14-35-25;/h1-9,14-15,18,23,26H,10-13,16-17H2;1H/t18?,23-,26?,31?;/m0./s1. The fourth-order valence-electron chi connectivity index (χ4n) is 5.45. The largest absolute Gasteiger partial charge is 1.00 e. The van der Waals surface area contributed by atoms with Gasteiger partial charge in [-0.25, -0.2) is 13.6 Å². The van der Waals surface area contributed by atoms with Gasteiger partial charge >= 0.3 is 6.09 Å². The van der Waals surface area contributed by atoms with Gasteiger partial charge in [0.15, 0.2) is 6.10 Å². The van der Waals surface area contributed by atoms with Crippen molar-refractivity contribution in [1.82, 2.24) is 5.32 Å². The van der Waals surface area contributed by atoms with Crippen LogP contribution < -0.4 is 17.7 Å². The number of quaternary nitrogens is 1. The molecule has 36 heavy (non-hydrogen) atoms. The molecule has 3 fully saturated rings. The van der Waals surface area contributed by atoms with Crippen molar-refractivity contribution < 1.29 is 40.0 Å². The normalized spacial score (nSPS) is 23.4. The molecule has 1 amide bonds. The van der Waals surface area contributed by atoms with E-state index in [1.165, 1.54) is 41.7 Å². The summed E-state index contributed by atoms with van der Waals surface area (Å²) in [6.45, 7) is 2.90. The summed E-state index contributed by atoms with van der Waals surface area (Å²) >= 11 is 1.45. The minimum absolute atomic E-state index is 0. The van der Waals surface area contributed by atoms with Crippen LogP contribution in [0.2, 0.25) is 0 Å². The Kier molecular flexibility index (Phi) is 8.07. The highest BCUT2D eigenvalue weighted by atomic mass is 35.5. The second-order valence-corrected chi connectivity index (χ2v) is 10.4. The fraction of sp³-hybridized carbons (Fsp3) is 0.333. The van der Waals surface area contributed by atoms with Gasteiger partial charge in [-0.15, -0.1) is 11.3 Å². The highest BCUT2D eigenvalue weighted by molar-refractivity contribution is 7.12. The van der Waals surface area contributed by atoms with Crippen molar-refractivity contribution in [2.45, 2.75) is 25.0 Å². The molecule has 2 bridgehead atoms. The molecule has 3 aromatic rings. The Morgan fingerprint density at radius 2 is 1.83 bits per heavy atom. The molecule has 3 saturated heterocycles. The molecule has 0 radical (unpaired) electrons. The molecule has 2 atom stereocenters. The minimum Gasteiger partial charge on any atom is -1.00 e. The Labute approximate surface area is 219 Å². The van der Waals surface area contributed by atoms with Crippen molar-refractivity contribution in [3.63, 3.8) is 0 Å². The van der Waals surface area contributed by atoms with Crippen LogP contribution in [-0.2, 0) is 4.74 Å². The van der Waals surface area contributed by atoms with Gasteiger partial charge in [-0.2, -0.15) is 0 Å². The third-order valence-corrected chi connectivity index (χ3v) is 8.15. The third kappa shape index (κ3) is 5.61. The Morgan fingerprint density at radius 3 is 2.53 bits per heavy atom. The molecular weight excluding hydrogens is 506 g/mol. The highest BCUT2D eigenvalue weighted by Crippen LogP contribution is 2.35. The smallest absolute Gasteiger partial charge is 0.408 e. The van der Waals surface area contributed by atoms with Crippen LogP contribution in [-0.4, -0.2) is 48.6 Å². The van der Waals surface area contributed by atoms with Crippen LogP contribution >= 0.6 is 11.3 Å². The number of benzene rings is 2. The number of carbonyl (C=O) groups excluding carboxylic acids is 2. The average Bonchev–Trinajstić information content (AvgIpc) is 3.39. The summed E-state index contributed by atoms with van der Waals surface area (Å²) in [6, 6.07) is 15.3. The lowest BCUT2D eigenvalue weighted by molar-refractivity contribution is -0.936. The van der Waals surface area contributed by atoms with Gasteiger partial charge in [0.25, 0.3) is 0 Å². The predicted molar refractivity (Wildman–Crippen MR) is 129 cm³/mol. The highest BCUT2D eigenvalue weighted by Gasteiger charge is 2.47. The topological polar surface area (TPSA) is 55.4 Å². The second-order valence-electron chi connectivity index (χ2n) is 9.48. The summed E-state index contributed by atoms with van der Waals surface area (Å²) in [5.74, 6) is -0.589. The SMILES string of the molecule is O=C(N[C@H]1C[N+]2(CC(=O)c3cccs3)CCC1CC2)OC(c1cccc(F)c1)c1ccccc1F.[Cl-]. The van der Waals surface area contributed by atoms with Crippen LogP contribution in [0.25, 0.3) is 0 Å². The van der Waals surface area contributed by atoms with Gasteiger partial charge in [-0.05, 0) is 35.6 Å². The molecule has 1 N–H and O–H groups in total. The minimum atomic E-state index is -1.09. The van der Waals surface area contributed by atoms with Crippen LogP contribution in [0.3, 0.4) is 0 Å². The predicted octanol–water partition coefficient (Wildman–Crippen LogP) is 2.34. The summed E-state index contributed by atoms with van der Waals surface area (Å²) in [6.07, 6.45) is 0.0765. The van der Waals surface area contributed by atoms with Gasteiger partial charge in [0, 0.05) is 24.0 Å². The number of ether oxygens (including phenoxy) is 1. The van der Waals surface area contributed by atoms with Crippen LogP contribution in [0.5, 0.6) is 0 Å². The van der Waals surface area contributed by atoms with Crippen molar-refractivity contribution >= 4 is 23.2 Å². The molecule has 0 spiro atoms. The lowest BCUT2D eigenvalue weighted by Crippen LogP contribution is -3.00. The van der Waals surface area contributed by atoms with Gasteiger partial charge in [-0.1, -0.05) is 36.4 Å². The number of fused-ring (bicyclic) bond motifs is 3. The molecule has 5 nitrogen and oxygen atoms in total. The molecule has 0 aliphatic carbocycles. The second kappa shape index (κ2) is 11.1. The molecule has 1 aromatic heterocycles. The summed E-state index contributed by atoms with van der Waals surface area (Å²) in [5.41, 5.74) is 0.511. The number of Topliss-reactive ketones (excluding diaryl/α,β-unsaturated/α-hetero) is 1. The van der Waals surface area contributed by atoms with Crippen molar-refractivity contribution in [2.24, 2.45) is 5.92 Å². The molecule has 190 valence electrons. The Bertz CT molecular complexity index is 1220. The molecular formula is C27H27ClF2N2O3S. The number of hydrogen-bond donors (Lipinski definition) is 1. The molecule has 3 aliphatic heterocycles. The zero-order chi connectivity index (χ0) is 24.4. The van der Waals surface area contributed by atoms with E-state index >= 15 is 0 Å². The monoisotopic (exact) mass is 532 g/mol. The van der Waals surface area contributed by atoms with E-state index in [4.69, 9.17) is 4.74 Å². The van der Waals surface area contributed by atoms with Crippen molar-refractivity contribution in [3.05, 3.63) is 93.7 Å². The maximum atomic E-state index is 14.6. The van der Waals surface area contributed by atoms with Gasteiger partial charge in [0.2, 0.25) is 5.78 Å². The number of nitrogens with one attached hydrogen (secondary N) is 1. The Balaban J connectivity index is 0.00000304. The van der Waals surface area contributed by atoms with Gasteiger partial charge in [-0.3, -0.25) is 4.79 Å². The Morgan fingerprint density at radius 1 is 1.06 bits per heavy atom. The van der Waals surface area contributed by atoms with E-state index in [1.807, 2.05) is 17.5 Å². The first-order chi connectivity index (χ1) is 16.9. The van der Waals surface area contributed by atoms with E-state index in [-0.39, 0.29) is 29.8 Å². The van der Waals surface area contributed by atoms with E-state index in [0.717, 1.165) is 30.8 Å². The summed E-state index contributed by atoms with van der Waals surface area (Å²) in [7, 11) is 0. The number of carbonyl (C=O) groups is 2. The average molecular weight is 533 g/mol. The molecule has 1 unspecified atom stereocenters. The van der Waals surface area contributed by atoms with Crippen LogP contribution in [0.15, 0.2) is 66.0 Å². The first-order valence-electron chi connectivity index (χ1n) is 11.8. The lowest BCUT2D eigenvalue weighted by atomic mass is 9.81. The number of piperidine rings is 3. The first-order valence-corrected chi connectivity index (χ1v) is 12.7. The molecule has 4 heterocycles. The summed E-state index contributed by atoms with van der Waals surface area (Å²) < 4.78 is 34.9. The lowest BCUT2D eigenvalue weighted by Gasteiger charge is -2.52. The molecule has 3 aliphatic rings. The van der Waals surface area contributed by atoms with E-state index < -0.39 is 23.8 Å². The van der Waals surface area contributed by atoms with Crippen molar-refractivity contribution in [2.75, 3.05) is 26.2 Å². The van der Waals surface area contributed by atoms with Gasteiger partial charge in [0.1, 0.15) is 18.2 Å². The van der Waals surface area contributed by atoms with Crippen LogP contribution in [0.4, 0.5) is 13.6 Å². The summed E-state index contributed by atoms with van der Waals surface area (Å²) in [5, 5.41) is 4.89. The first kappa shape index (κ1) is 26.3. The van der Waals surface area contributed by atoms with E-state index in [2.05, 4.69) is 5.32 Å². The Hall–Kier alpha value is -2.81. The van der Waals surface area contributed by atoms with Crippen LogP contribution in [0, 0.1) is 17.6 Å². The number of alkyl carbamates (subject to hydrolysis) is 1. The molecule has 0 saturated carbocycles. The molecule has 2 aromatic carbocycles. The third-order valence-electron chi connectivity index (χ3n) is 7.24. The van der Waals surface area contributed by atoms with Crippen LogP contribution in [0.1, 0.15) is 39.7 Å². The maximum Gasteiger partial charge on any atom is 0.408 e. The van der Waals surface area contributed by atoms with Gasteiger partial charge in [0.05, 0.1) is 30.6 Å². The van der Waals surface area contributed by atoms with Crippen molar-refractivity contribution in [1.29, 1.82) is 0 Å². The number of hydrogen-bond acceptors (Lipinski definition) is 4. The van der Waals surface area contributed by atoms with Gasteiger partial charge < -0.3 is 26.9 Å². The number of amides is 1. The number of nitrogens with zero attached hydrogens (tertiary/aromatic N) is 1. The van der Waals surface area contributed by atoms with E-state index in [1.54, 1.807) is 18.2 Å². The van der Waals surface area contributed by atoms with E-state index in [0.29, 0.717) is 29.1 Å². The zero-order valence-corrected chi connectivity index (χ0v) is 21.1. The number of halogens is 3. The number of rotatable bonds is 7. The van der Waals surface area contributed by atoms with E-state index in [9.17, 15) is 18.4 Å². The maximum absolute atomic E-state index is 14.6. The quantitative estimate of drug-likeness (QED) is 0.375. The molecule has 9 heteroatoms. The number of thiophene rings is 1. The fourth-order valence-corrected chi connectivity index (χ4v) is 6.11. The molecule has 6 rings (SSSR count). The zero-order valence-electron chi connectivity index (χ0n) is 19.5.